The molecule has 0 saturated heterocycles. The first-order valence-corrected chi connectivity index (χ1v) is 14.1. The van der Waals surface area contributed by atoms with Crippen LogP contribution in [0.2, 0.25) is 0 Å². The number of carboxylic acids is 1. The van der Waals surface area contributed by atoms with Gasteiger partial charge >= 0.3 is 5.97 Å². The van der Waals surface area contributed by atoms with E-state index in [-0.39, 0.29) is 17.1 Å². The maximum absolute atomic E-state index is 13.0. The summed E-state index contributed by atoms with van der Waals surface area (Å²) in [6, 6.07) is 17.6. The van der Waals surface area contributed by atoms with Gasteiger partial charge in [-0.2, -0.15) is 5.10 Å². The zero-order valence-corrected chi connectivity index (χ0v) is 23.7. The zero-order valence-electron chi connectivity index (χ0n) is 21.3. The quantitative estimate of drug-likeness (QED) is 0.193. The first-order valence-electron chi connectivity index (χ1n) is 11.9. The molecule has 0 unspecified atom stereocenters. The van der Waals surface area contributed by atoms with Gasteiger partial charge in [0.1, 0.15) is 0 Å². The summed E-state index contributed by atoms with van der Waals surface area (Å²) >= 11 is 3.34. The number of amides is 1. The number of carbonyl (C=O) groups excluding carboxylic acids is 1. The minimum absolute atomic E-state index is 0.0962. The van der Waals surface area contributed by atoms with E-state index in [1.807, 2.05) is 6.92 Å². The molecule has 0 bridgehead atoms. The second-order valence-corrected chi connectivity index (χ2v) is 10.9. The third-order valence-electron chi connectivity index (χ3n) is 5.29. The lowest BCUT2D eigenvalue weighted by atomic mass is 10.0. The van der Waals surface area contributed by atoms with Crippen LogP contribution in [0, 0.1) is 6.92 Å². The number of carbonyl (C=O) groups is 2. The Hall–Kier alpha value is -3.74. The Balaban J connectivity index is 1.74. The predicted octanol–water partition coefficient (Wildman–Crippen LogP) is 4.18. The SMILES string of the molecule is CCOc1cc(/C=N\NC(=O)C[C@H](NS(=O)(=O)c2ccc(C)cc2)c2ccccc2)cc(Br)c1OCC(=O)O. The van der Waals surface area contributed by atoms with Crippen LogP contribution in [0.25, 0.3) is 0 Å². The maximum atomic E-state index is 13.0. The molecule has 1 atom stereocenters. The van der Waals surface area contributed by atoms with Crippen molar-refractivity contribution in [1.82, 2.24) is 10.1 Å². The largest absolute Gasteiger partial charge is 0.490 e. The number of hydrogen-bond acceptors (Lipinski definition) is 7. The third kappa shape index (κ3) is 8.91. The Labute approximate surface area is 235 Å². The molecule has 0 radical (unpaired) electrons. The molecule has 0 aromatic heterocycles. The Kier molecular flexibility index (Phi) is 10.6. The topological polar surface area (TPSA) is 143 Å². The number of aliphatic carboxylic acids is 1. The van der Waals surface area contributed by atoms with Gasteiger partial charge in [-0.05, 0) is 65.2 Å². The van der Waals surface area contributed by atoms with E-state index in [0.717, 1.165) is 5.56 Å². The number of carboxylic acid groups (broad SMARTS) is 1. The van der Waals surface area contributed by atoms with Gasteiger partial charge in [-0.1, -0.05) is 48.0 Å². The van der Waals surface area contributed by atoms with Crippen LogP contribution < -0.4 is 19.6 Å². The van der Waals surface area contributed by atoms with Gasteiger partial charge in [0.2, 0.25) is 15.9 Å². The van der Waals surface area contributed by atoms with Crippen molar-refractivity contribution < 1.29 is 32.6 Å². The summed E-state index contributed by atoms with van der Waals surface area (Å²) in [6.45, 7) is 3.40. The third-order valence-corrected chi connectivity index (χ3v) is 7.37. The highest BCUT2D eigenvalue weighted by atomic mass is 79.9. The summed E-state index contributed by atoms with van der Waals surface area (Å²) in [5.74, 6) is -1.12. The molecule has 206 valence electrons. The van der Waals surface area contributed by atoms with Crippen LogP contribution in [0.4, 0.5) is 0 Å². The van der Waals surface area contributed by atoms with Crippen molar-refractivity contribution in [3.63, 3.8) is 0 Å². The summed E-state index contributed by atoms with van der Waals surface area (Å²) in [6.07, 6.45) is 1.17. The first-order chi connectivity index (χ1) is 18.6. The number of ether oxygens (including phenoxy) is 2. The number of halogens is 1. The molecule has 3 N–H and O–H groups in total. The molecular formula is C27H28BrN3O7S. The van der Waals surface area contributed by atoms with Gasteiger partial charge in [-0.3, -0.25) is 4.79 Å². The average Bonchev–Trinajstić information content (AvgIpc) is 2.88. The van der Waals surface area contributed by atoms with Crippen molar-refractivity contribution in [2.75, 3.05) is 13.2 Å². The van der Waals surface area contributed by atoms with Crippen LogP contribution in [0.15, 0.2) is 81.2 Å². The van der Waals surface area contributed by atoms with Crippen LogP contribution in [0.1, 0.15) is 36.1 Å². The van der Waals surface area contributed by atoms with E-state index in [1.54, 1.807) is 61.5 Å². The number of nitrogens with one attached hydrogen (secondary N) is 2. The Morgan fingerprint density at radius 1 is 1.08 bits per heavy atom. The summed E-state index contributed by atoms with van der Waals surface area (Å²) in [5.41, 5.74) is 4.50. The Morgan fingerprint density at radius 2 is 1.77 bits per heavy atom. The number of hydrogen-bond donors (Lipinski definition) is 3. The maximum Gasteiger partial charge on any atom is 0.341 e. The molecule has 0 aliphatic carbocycles. The number of sulfonamides is 1. The van der Waals surface area contributed by atoms with E-state index in [0.29, 0.717) is 28.0 Å². The minimum Gasteiger partial charge on any atom is -0.490 e. The van der Waals surface area contributed by atoms with E-state index in [4.69, 9.17) is 14.6 Å². The van der Waals surface area contributed by atoms with E-state index >= 15 is 0 Å². The summed E-state index contributed by atoms with van der Waals surface area (Å²) < 4.78 is 39.9. The van der Waals surface area contributed by atoms with Crippen molar-refractivity contribution in [2.45, 2.75) is 31.2 Å². The molecule has 3 aromatic carbocycles. The molecule has 3 aromatic rings. The molecule has 0 fully saturated rings. The molecule has 10 nitrogen and oxygen atoms in total. The molecule has 0 aliphatic rings. The highest BCUT2D eigenvalue weighted by molar-refractivity contribution is 9.10. The highest BCUT2D eigenvalue weighted by Gasteiger charge is 2.23. The highest BCUT2D eigenvalue weighted by Crippen LogP contribution is 2.36. The van der Waals surface area contributed by atoms with Crippen molar-refractivity contribution in [3.05, 3.63) is 87.9 Å². The van der Waals surface area contributed by atoms with Crippen molar-refractivity contribution in [1.29, 1.82) is 0 Å². The predicted molar refractivity (Wildman–Crippen MR) is 149 cm³/mol. The van der Waals surface area contributed by atoms with Crippen LogP contribution in [-0.4, -0.2) is 44.8 Å². The molecular weight excluding hydrogens is 590 g/mol. The molecule has 39 heavy (non-hydrogen) atoms. The minimum atomic E-state index is -3.90. The number of nitrogens with zero attached hydrogens (tertiary/aromatic N) is 1. The van der Waals surface area contributed by atoms with Crippen LogP contribution in [-0.2, 0) is 19.6 Å². The van der Waals surface area contributed by atoms with Gasteiger partial charge in [0.25, 0.3) is 0 Å². The van der Waals surface area contributed by atoms with Gasteiger partial charge < -0.3 is 14.6 Å². The van der Waals surface area contributed by atoms with Crippen LogP contribution in [0.5, 0.6) is 11.5 Å². The second kappa shape index (κ2) is 13.9. The molecule has 0 saturated carbocycles. The number of rotatable bonds is 13. The smallest absolute Gasteiger partial charge is 0.341 e. The molecule has 12 heteroatoms. The normalized spacial score (nSPS) is 12.2. The zero-order chi connectivity index (χ0) is 28.4. The summed E-state index contributed by atoms with van der Waals surface area (Å²) in [5, 5.41) is 12.9. The van der Waals surface area contributed by atoms with E-state index in [1.165, 1.54) is 18.3 Å². The summed E-state index contributed by atoms with van der Waals surface area (Å²) in [7, 11) is -3.90. The van der Waals surface area contributed by atoms with Crippen molar-refractivity contribution >= 4 is 44.0 Å². The fourth-order valence-electron chi connectivity index (χ4n) is 3.49. The van der Waals surface area contributed by atoms with Gasteiger partial charge in [0, 0.05) is 6.42 Å². The lowest BCUT2D eigenvalue weighted by Gasteiger charge is -2.18. The van der Waals surface area contributed by atoms with Crippen molar-refractivity contribution in [3.8, 4) is 11.5 Å². The second-order valence-electron chi connectivity index (χ2n) is 8.34. The van der Waals surface area contributed by atoms with Crippen molar-refractivity contribution in [2.24, 2.45) is 5.10 Å². The molecule has 3 rings (SSSR count). The monoisotopic (exact) mass is 617 g/mol. The fourth-order valence-corrected chi connectivity index (χ4v) is 5.29. The molecule has 0 spiro atoms. The lowest BCUT2D eigenvalue weighted by molar-refractivity contribution is -0.139. The fraction of sp³-hybridized carbons (Fsp3) is 0.222. The molecule has 0 heterocycles. The van der Waals surface area contributed by atoms with Gasteiger partial charge in [0.05, 0.1) is 28.2 Å². The number of hydrazone groups is 1. The van der Waals surface area contributed by atoms with Gasteiger partial charge in [0.15, 0.2) is 18.1 Å². The molecule has 0 aliphatic heterocycles. The number of aryl methyl sites for hydroxylation is 1. The summed E-state index contributed by atoms with van der Waals surface area (Å²) in [4.78, 5) is 23.7. The lowest BCUT2D eigenvalue weighted by Crippen LogP contribution is -2.32. The van der Waals surface area contributed by atoms with Gasteiger partial charge in [-0.15, -0.1) is 0 Å². The first kappa shape index (κ1) is 29.8. The van der Waals surface area contributed by atoms with Gasteiger partial charge in [-0.25, -0.2) is 23.4 Å². The Bertz CT molecular complexity index is 1430. The van der Waals surface area contributed by atoms with Crippen LogP contribution in [0.3, 0.4) is 0 Å². The van der Waals surface area contributed by atoms with Crippen LogP contribution >= 0.6 is 15.9 Å². The number of benzene rings is 3. The van der Waals surface area contributed by atoms with E-state index < -0.39 is 34.5 Å². The van der Waals surface area contributed by atoms with E-state index in [9.17, 15) is 18.0 Å². The standard InChI is InChI=1S/C27H28BrN3O7S/c1-3-37-24-14-19(13-22(28)27(24)38-17-26(33)34)16-29-30-25(32)15-23(20-7-5-4-6-8-20)31-39(35,36)21-11-9-18(2)10-12-21/h4-14,16,23,31H,3,15,17H2,1-2H3,(H,30,32)(H,33,34)/b29-16-/t23-/m0/s1. The Morgan fingerprint density at radius 3 is 2.41 bits per heavy atom. The average molecular weight is 619 g/mol. The van der Waals surface area contributed by atoms with E-state index in [2.05, 4.69) is 31.2 Å². The molecule has 1 amide bonds.